The van der Waals surface area contributed by atoms with E-state index < -0.39 is 0 Å². The number of hydrogen-bond donors (Lipinski definition) is 1. The van der Waals surface area contributed by atoms with E-state index in [1.807, 2.05) is 73.7 Å². The van der Waals surface area contributed by atoms with E-state index in [0.29, 0.717) is 11.0 Å². The summed E-state index contributed by atoms with van der Waals surface area (Å²) < 4.78 is 2.72. The Hall–Kier alpha value is -4.26. The Kier molecular flexibility index (Phi) is 4.55. The maximum atomic E-state index is 12.9. The summed E-state index contributed by atoms with van der Waals surface area (Å²) in [5.74, 6) is -0.300. The largest absolute Gasteiger partial charge is 0.283 e. The maximum Gasteiger partial charge on any atom is 0.283 e. The lowest BCUT2D eigenvalue weighted by Crippen LogP contribution is -2.34. The molecule has 2 heterocycles. The Balaban J connectivity index is 1.43. The van der Waals surface area contributed by atoms with Crippen molar-refractivity contribution >= 4 is 27.7 Å². The standard InChI is InChI=1S/C24H19N5O2/c1-16-9-11-19(12-10-16)29-23-21(14-26-29)24(31)28(15-25-23)27-22(30)13-18-7-4-6-17-5-2-3-8-20(17)18/h2-12,14-15H,13H2,1H3,(H,27,30). The summed E-state index contributed by atoms with van der Waals surface area (Å²) in [7, 11) is 0. The van der Waals surface area contributed by atoms with Crippen LogP contribution >= 0.6 is 0 Å². The molecule has 31 heavy (non-hydrogen) atoms. The predicted molar refractivity (Wildman–Crippen MR) is 120 cm³/mol. The third-order valence-electron chi connectivity index (χ3n) is 5.24. The van der Waals surface area contributed by atoms with E-state index >= 15 is 0 Å². The molecule has 0 atom stereocenters. The number of nitrogens with zero attached hydrogens (tertiary/aromatic N) is 4. The number of fused-ring (bicyclic) bond motifs is 2. The van der Waals surface area contributed by atoms with Crippen LogP contribution in [-0.4, -0.2) is 25.3 Å². The number of amides is 1. The molecular weight excluding hydrogens is 390 g/mol. The van der Waals surface area contributed by atoms with Gasteiger partial charge in [0.1, 0.15) is 11.7 Å². The van der Waals surface area contributed by atoms with Crippen molar-refractivity contribution < 1.29 is 4.79 Å². The van der Waals surface area contributed by atoms with Gasteiger partial charge in [-0.25, -0.2) is 14.3 Å². The number of rotatable bonds is 4. The molecule has 0 fully saturated rings. The zero-order valence-electron chi connectivity index (χ0n) is 16.8. The van der Waals surface area contributed by atoms with Gasteiger partial charge in [-0.05, 0) is 35.4 Å². The van der Waals surface area contributed by atoms with Crippen molar-refractivity contribution in [2.24, 2.45) is 0 Å². The second kappa shape index (κ2) is 7.53. The van der Waals surface area contributed by atoms with Crippen molar-refractivity contribution in [1.29, 1.82) is 0 Å². The van der Waals surface area contributed by atoms with Gasteiger partial charge in [0.2, 0.25) is 5.91 Å². The lowest BCUT2D eigenvalue weighted by atomic mass is 10.0. The van der Waals surface area contributed by atoms with Crippen molar-refractivity contribution in [3.8, 4) is 5.69 Å². The summed E-state index contributed by atoms with van der Waals surface area (Å²) >= 11 is 0. The lowest BCUT2D eigenvalue weighted by Gasteiger charge is -2.10. The van der Waals surface area contributed by atoms with E-state index in [1.54, 1.807) is 4.68 Å². The van der Waals surface area contributed by atoms with E-state index in [9.17, 15) is 9.59 Å². The van der Waals surface area contributed by atoms with E-state index in [1.165, 1.54) is 12.5 Å². The van der Waals surface area contributed by atoms with Crippen molar-refractivity contribution in [2.75, 3.05) is 5.43 Å². The van der Waals surface area contributed by atoms with Crippen molar-refractivity contribution in [3.63, 3.8) is 0 Å². The van der Waals surface area contributed by atoms with Gasteiger partial charge in [-0.15, -0.1) is 0 Å². The summed E-state index contributed by atoms with van der Waals surface area (Å²) in [5.41, 5.74) is 5.53. The van der Waals surface area contributed by atoms with Crippen LogP contribution in [0.1, 0.15) is 11.1 Å². The zero-order chi connectivity index (χ0) is 21.4. The van der Waals surface area contributed by atoms with Crippen LogP contribution in [0.25, 0.3) is 27.5 Å². The molecule has 5 rings (SSSR count). The third kappa shape index (κ3) is 3.46. The molecule has 0 saturated heterocycles. The van der Waals surface area contributed by atoms with Crippen LogP contribution in [0, 0.1) is 6.92 Å². The van der Waals surface area contributed by atoms with Gasteiger partial charge in [-0.1, -0.05) is 60.2 Å². The molecule has 3 aromatic carbocycles. The van der Waals surface area contributed by atoms with Gasteiger partial charge >= 0.3 is 0 Å². The quantitative estimate of drug-likeness (QED) is 0.494. The van der Waals surface area contributed by atoms with Gasteiger partial charge in [0, 0.05) is 0 Å². The van der Waals surface area contributed by atoms with Crippen molar-refractivity contribution in [3.05, 3.63) is 101 Å². The van der Waals surface area contributed by atoms with E-state index in [-0.39, 0.29) is 17.9 Å². The van der Waals surface area contributed by atoms with Crippen LogP contribution in [0.15, 0.2) is 84.0 Å². The molecule has 0 spiro atoms. The molecular formula is C24H19N5O2. The molecule has 0 bridgehead atoms. The molecule has 2 aromatic heterocycles. The van der Waals surface area contributed by atoms with Crippen LogP contribution in [0.5, 0.6) is 0 Å². The third-order valence-corrected chi connectivity index (χ3v) is 5.24. The highest BCUT2D eigenvalue weighted by Gasteiger charge is 2.13. The zero-order valence-corrected chi connectivity index (χ0v) is 16.8. The Bertz CT molecular complexity index is 1480. The summed E-state index contributed by atoms with van der Waals surface area (Å²) in [6, 6.07) is 21.5. The minimum atomic E-state index is -0.380. The first-order valence-electron chi connectivity index (χ1n) is 9.89. The van der Waals surface area contributed by atoms with Gasteiger partial charge in [-0.3, -0.25) is 15.0 Å². The average Bonchev–Trinajstić information content (AvgIpc) is 3.21. The smallest absolute Gasteiger partial charge is 0.273 e. The normalized spacial score (nSPS) is 11.1. The number of carbonyl (C=O) groups excluding carboxylic acids is 1. The van der Waals surface area contributed by atoms with E-state index in [0.717, 1.165) is 32.3 Å². The van der Waals surface area contributed by atoms with E-state index in [2.05, 4.69) is 15.5 Å². The second-order valence-electron chi connectivity index (χ2n) is 7.40. The Labute approximate surface area is 177 Å². The fraction of sp³-hybridized carbons (Fsp3) is 0.0833. The molecule has 0 aliphatic rings. The highest BCUT2D eigenvalue weighted by molar-refractivity contribution is 5.92. The molecule has 1 amide bonds. The number of aryl methyl sites for hydroxylation is 1. The highest BCUT2D eigenvalue weighted by Crippen LogP contribution is 2.19. The van der Waals surface area contributed by atoms with E-state index in [4.69, 9.17) is 0 Å². The monoisotopic (exact) mass is 409 g/mol. The summed E-state index contributed by atoms with van der Waals surface area (Å²) in [6.07, 6.45) is 2.93. The number of nitrogens with one attached hydrogen (secondary N) is 1. The average molecular weight is 409 g/mol. The minimum absolute atomic E-state index is 0.147. The summed E-state index contributed by atoms with van der Waals surface area (Å²) in [4.78, 5) is 29.9. The molecule has 7 nitrogen and oxygen atoms in total. The molecule has 0 aliphatic heterocycles. The van der Waals surface area contributed by atoms with Crippen molar-refractivity contribution in [1.82, 2.24) is 19.4 Å². The molecule has 0 radical (unpaired) electrons. The maximum absolute atomic E-state index is 12.9. The van der Waals surface area contributed by atoms with Crippen molar-refractivity contribution in [2.45, 2.75) is 13.3 Å². The predicted octanol–water partition coefficient (Wildman–Crippen LogP) is 3.36. The van der Waals surface area contributed by atoms with Crippen LogP contribution in [0.3, 0.4) is 0 Å². The first kappa shape index (κ1) is 18.7. The van der Waals surface area contributed by atoms with Crippen LogP contribution in [-0.2, 0) is 11.2 Å². The fourth-order valence-electron chi connectivity index (χ4n) is 3.66. The molecule has 1 N–H and O–H groups in total. The minimum Gasteiger partial charge on any atom is -0.273 e. The highest BCUT2D eigenvalue weighted by atomic mass is 16.2. The van der Waals surface area contributed by atoms with Gasteiger partial charge in [-0.2, -0.15) is 5.10 Å². The number of hydrogen-bond acceptors (Lipinski definition) is 4. The Morgan fingerprint density at radius 2 is 1.74 bits per heavy atom. The van der Waals surface area contributed by atoms with Crippen LogP contribution < -0.4 is 11.0 Å². The number of carbonyl (C=O) groups is 1. The summed E-state index contributed by atoms with van der Waals surface area (Å²) in [5, 5.41) is 6.71. The molecule has 5 aromatic rings. The van der Waals surface area contributed by atoms with Crippen LogP contribution in [0.2, 0.25) is 0 Å². The number of aromatic nitrogens is 4. The van der Waals surface area contributed by atoms with Gasteiger partial charge in [0.15, 0.2) is 5.65 Å². The Morgan fingerprint density at radius 3 is 2.58 bits per heavy atom. The molecule has 0 unspecified atom stereocenters. The second-order valence-corrected chi connectivity index (χ2v) is 7.40. The fourth-order valence-corrected chi connectivity index (χ4v) is 3.66. The van der Waals surface area contributed by atoms with Gasteiger partial charge < -0.3 is 0 Å². The Morgan fingerprint density at radius 1 is 0.968 bits per heavy atom. The first-order valence-corrected chi connectivity index (χ1v) is 9.89. The lowest BCUT2D eigenvalue weighted by molar-refractivity contribution is -0.116. The molecule has 0 saturated carbocycles. The van der Waals surface area contributed by atoms with Crippen LogP contribution in [0.4, 0.5) is 0 Å². The first-order chi connectivity index (χ1) is 15.1. The number of benzene rings is 3. The van der Waals surface area contributed by atoms with Gasteiger partial charge in [0.25, 0.3) is 5.56 Å². The molecule has 0 aliphatic carbocycles. The summed E-state index contributed by atoms with van der Waals surface area (Å²) in [6.45, 7) is 2.00. The molecule has 152 valence electrons. The van der Waals surface area contributed by atoms with Gasteiger partial charge in [0.05, 0.1) is 18.3 Å². The molecule has 7 heteroatoms. The topological polar surface area (TPSA) is 81.8 Å². The SMILES string of the molecule is Cc1ccc(-n2ncc3c(=O)n(NC(=O)Cc4cccc5ccccc45)cnc32)cc1.